The van der Waals surface area contributed by atoms with Crippen molar-refractivity contribution < 1.29 is 0 Å². The van der Waals surface area contributed by atoms with Crippen molar-refractivity contribution in [3.63, 3.8) is 0 Å². The Kier molecular flexibility index (Phi) is 2.95. The minimum Gasteiger partial charge on any atom is -0.383 e. The molecule has 84 valence electrons. The SMILES string of the molecule is Cc1nc(-c2ccc(Br)cc2Cl)c(N)n1C. The van der Waals surface area contributed by atoms with E-state index in [1.807, 2.05) is 36.7 Å². The Morgan fingerprint density at radius 1 is 1.44 bits per heavy atom. The zero-order chi connectivity index (χ0) is 11.9. The Labute approximate surface area is 107 Å². The van der Waals surface area contributed by atoms with Crippen LogP contribution in [0.4, 0.5) is 5.82 Å². The summed E-state index contributed by atoms with van der Waals surface area (Å²) < 4.78 is 2.78. The first-order valence-corrected chi connectivity index (χ1v) is 5.92. The van der Waals surface area contributed by atoms with E-state index in [1.54, 1.807) is 0 Å². The first kappa shape index (κ1) is 11.5. The average Bonchev–Trinajstić information content (AvgIpc) is 2.46. The van der Waals surface area contributed by atoms with Crippen LogP contribution in [0, 0.1) is 6.92 Å². The molecule has 0 atom stereocenters. The summed E-state index contributed by atoms with van der Waals surface area (Å²) in [4.78, 5) is 4.41. The minimum atomic E-state index is 0.627. The molecule has 0 bridgehead atoms. The molecule has 1 heterocycles. The fourth-order valence-corrected chi connectivity index (χ4v) is 2.27. The number of anilines is 1. The standard InChI is InChI=1S/C11H11BrClN3/c1-6-15-10(11(14)16(6)2)8-4-3-7(12)5-9(8)13/h3-5H,14H2,1-2H3. The second-order valence-corrected chi connectivity index (χ2v) is 4.90. The lowest BCUT2D eigenvalue weighted by molar-refractivity contribution is 0.868. The van der Waals surface area contributed by atoms with Crippen molar-refractivity contribution >= 4 is 33.3 Å². The van der Waals surface area contributed by atoms with Crippen LogP contribution in [0.5, 0.6) is 0 Å². The predicted molar refractivity (Wildman–Crippen MR) is 70.5 cm³/mol. The third kappa shape index (κ3) is 1.83. The van der Waals surface area contributed by atoms with E-state index in [4.69, 9.17) is 17.3 Å². The number of hydrogen-bond acceptors (Lipinski definition) is 2. The molecular formula is C11H11BrClN3. The summed E-state index contributed by atoms with van der Waals surface area (Å²) >= 11 is 9.53. The lowest BCUT2D eigenvalue weighted by atomic mass is 10.1. The highest BCUT2D eigenvalue weighted by molar-refractivity contribution is 9.10. The summed E-state index contributed by atoms with van der Waals surface area (Å²) in [6.07, 6.45) is 0. The monoisotopic (exact) mass is 299 g/mol. The summed E-state index contributed by atoms with van der Waals surface area (Å²) in [7, 11) is 1.88. The molecule has 0 unspecified atom stereocenters. The predicted octanol–water partition coefficient (Wildman–Crippen LogP) is 3.39. The van der Waals surface area contributed by atoms with Crippen LogP contribution in [0.15, 0.2) is 22.7 Å². The first-order chi connectivity index (χ1) is 7.50. The minimum absolute atomic E-state index is 0.627. The summed E-state index contributed by atoms with van der Waals surface area (Å²) in [5, 5.41) is 0.638. The Balaban J connectivity index is 2.63. The number of benzene rings is 1. The second-order valence-electron chi connectivity index (χ2n) is 3.58. The first-order valence-electron chi connectivity index (χ1n) is 4.75. The molecule has 0 fully saturated rings. The average molecular weight is 301 g/mol. The van der Waals surface area contributed by atoms with Crippen LogP contribution in [-0.4, -0.2) is 9.55 Å². The van der Waals surface area contributed by atoms with Gasteiger partial charge < -0.3 is 10.3 Å². The Morgan fingerprint density at radius 2 is 2.12 bits per heavy atom. The molecule has 3 nitrogen and oxygen atoms in total. The smallest absolute Gasteiger partial charge is 0.131 e. The molecule has 0 radical (unpaired) electrons. The molecule has 16 heavy (non-hydrogen) atoms. The molecule has 1 aromatic carbocycles. The zero-order valence-electron chi connectivity index (χ0n) is 8.96. The Bertz CT molecular complexity index is 548. The fourth-order valence-electron chi connectivity index (χ4n) is 1.51. The summed E-state index contributed by atoms with van der Waals surface area (Å²) in [6, 6.07) is 5.66. The number of hydrogen-bond donors (Lipinski definition) is 1. The van der Waals surface area contributed by atoms with Crippen molar-refractivity contribution in [2.24, 2.45) is 7.05 Å². The lowest BCUT2D eigenvalue weighted by Crippen LogP contribution is -1.98. The van der Waals surface area contributed by atoms with Gasteiger partial charge in [-0.15, -0.1) is 0 Å². The number of nitrogens with zero attached hydrogens (tertiary/aromatic N) is 2. The molecule has 0 aliphatic heterocycles. The van der Waals surface area contributed by atoms with Crippen molar-refractivity contribution in [2.45, 2.75) is 6.92 Å². The normalized spacial score (nSPS) is 10.8. The number of nitrogen functional groups attached to an aromatic ring is 1. The molecule has 0 saturated carbocycles. The highest BCUT2D eigenvalue weighted by atomic mass is 79.9. The van der Waals surface area contributed by atoms with Gasteiger partial charge in [-0.2, -0.15) is 0 Å². The van der Waals surface area contributed by atoms with Gasteiger partial charge in [0.1, 0.15) is 17.3 Å². The van der Waals surface area contributed by atoms with Crippen molar-refractivity contribution in [3.8, 4) is 11.3 Å². The molecule has 2 aromatic rings. The van der Waals surface area contributed by atoms with E-state index >= 15 is 0 Å². The topological polar surface area (TPSA) is 43.8 Å². The van der Waals surface area contributed by atoms with E-state index in [0.29, 0.717) is 10.8 Å². The van der Waals surface area contributed by atoms with Gasteiger partial charge in [0.25, 0.3) is 0 Å². The van der Waals surface area contributed by atoms with Gasteiger partial charge in [-0.05, 0) is 19.1 Å². The van der Waals surface area contributed by atoms with Crippen LogP contribution in [0.25, 0.3) is 11.3 Å². The summed E-state index contributed by atoms with van der Waals surface area (Å²) in [5.74, 6) is 1.49. The highest BCUT2D eigenvalue weighted by Crippen LogP contribution is 2.33. The number of nitrogens with two attached hydrogens (primary N) is 1. The van der Waals surface area contributed by atoms with E-state index in [-0.39, 0.29) is 0 Å². The fraction of sp³-hybridized carbons (Fsp3) is 0.182. The Morgan fingerprint density at radius 3 is 2.62 bits per heavy atom. The number of imidazole rings is 1. The maximum absolute atomic E-state index is 6.16. The molecule has 0 saturated heterocycles. The molecular weight excluding hydrogens is 289 g/mol. The van der Waals surface area contributed by atoms with Crippen LogP contribution in [0.1, 0.15) is 5.82 Å². The number of rotatable bonds is 1. The van der Waals surface area contributed by atoms with Crippen LogP contribution >= 0.6 is 27.5 Å². The van der Waals surface area contributed by atoms with Crippen molar-refractivity contribution in [1.82, 2.24) is 9.55 Å². The Hall–Kier alpha value is -1.00. The van der Waals surface area contributed by atoms with Gasteiger partial charge in [0, 0.05) is 17.1 Å². The van der Waals surface area contributed by atoms with Crippen LogP contribution in [0.3, 0.4) is 0 Å². The summed E-state index contributed by atoms with van der Waals surface area (Å²) in [6.45, 7) is 1.91. The molecule has 2 N–H and O–H groups in total. The highest BCUT2D eigenvalue weighted by Gasteiger charge is 2.13. The number of halogens is 2. The van der Waals surface area contributed by atoms with Crippen LogP contribution in [0.2, 0.25) is 5.02 Å². The van der Waals surface area contributed by atoms with E-state index in [1.165, 1.54) is 0 Å². The molecule has 1 aromatic heterocycles. The van der Waals surface area contributed by atoms with Crippen molar-refractivity contribution in [3.05, 3.63) is 33.5 Å². The third-order valence-electron chi connectivity index (χ3n) is 2.55. The maximum Gasteiger partial charge on any atom is 0.131 e. The molecule has 0 aliphatic carbocycles. The molecule has 2 rings (SSSR count). The van der Waals surface area contributed by atoms with Gasteiger partial charge in [0.05, 0.1) is 5.02 Å². The maximum atomic E-state index is 6.16. The van der Waals surface area contributed by atoms with Gasteiger partial charge in [-0.25, -0.2) is 4.98 Å². The lowest BCUT2D eigenvalue weighted by Gasteiger charge is -2.03. The summed E-state index contributed by atoms with van der Waals surface area (Å²) in [5.41, 5.74) is 7.56. The molecule has 0 amide bonds. The second kappa shape index (κ2) is 4.11. The van der Waals surface area contributed by atoms with E-state index in [2.05, 4.69) is 20.9 Å². The number of aromatic nitrogens is 2. The molecule has 0 aliphatic rings. The van der Waals surface area contributed by atoms with E-state index in [0.717, 1.165) is 21.6 Å². The third-order valence-corrected chi connectivity index (χ3v) is 3.36. The molecule has 5 heteroatoms. The van der Waals surface area contributed by atoms with Gasteiger partial charge in [0.2, 0.25) is 0 Å². The zero-order valence-corrected chi connectivity index (χ0v) is 11.3. The van der Waals surface area contributed by atoms with Gasteiger partial charge in [-0.1, -0.05) is 33.6 Å². The van der Waals surface area contributed by atoms with Crippen molar-refractivity contribution in [1.29, 1.82) is 0 Å². The van der Waals surface area contributed by atoms with Gasteiger partial charge in [-0.3, -0.25) is 0 Å². The van der Waals surface area contributed by atoms with Crippen LogP contribution < -0.4 is 5.73 Å². The van der Waals surface area contributed by atoms with E-state index < -0.39 is 0 Å². The largest absolute Gasteiger partial charge is 0.383 e. The quantitative estimate of drug-likeness (QED) is 0.877. The van der Waals surface area contributed by atoms with Crippen molar-refractivity contribution in [2.75, 3.05) is 5.73 Å². The van der Waals surface area contributed by atoms with Crippen LogP contribution in [-0.2, 0) is 7.05 Å². The molecule has 0 spiro atoms. The van der Waals surface area contributed by atoms with E-state index in [9.17, 15) is 0 Å². The van der Waals surface area contributed by atoms with Gasteiger partial charge in [0.15, 0.2) is 0 Å². The van der Waals surface area contributed by atoms with Gasteiger partial charge >= 0.3 is 0 Å². The number of aryl methyl sites for hydroxylation is 1.